The van der Waals surface area contributed by atoms with Crippen LogP contribution in [-0.4, -0.2) is 40.3 Å². The molecule has 1 heterocycles. The lowest BCUT2D eigenvalue weighted by Gasteiger charge is -2.30. The summed E-state index contributed by atoms with van der Waals surface area (Å²) in [5.41, 5.74) is 0. The molecular formula is C14H20NO5P. The largest absolute Gasteiger partial charge is 0.483 e. The maximum atomic E-state index is 12.0. The number of amides is 1. The first-order valence-electron chi connectivity index (χ1n) is 6.93. The van der Waals surface area contributed by atoms with E-state index in [1.807, 2.05) is 0 Å². The Bertz CT molecular complexity index is 548. The average Bonchev–Trinajstić information content (AvgIpc) is 2.45. The van der Waals surface area contributed by atoms with Gasteiger partial charge in [0.05, 0.1) is 0 Å². The van der Waals surface area contributed by atoms with E-state index in [0.717, 1.165) is 12.8 Å². The molecule has 0 spiro atoms. The lowest BCUT2D eigenvalue weighted by atomic mass is 9.99. The van der Waals surface area contributed by atoms with Gasteiger partial charge in [-0.1, -0.05) is 19.1 Å². The first kappa shape index (κ1) is 16.0. The molecule has 116 valence electrons. The Hall–Kier alpha value is -1.36. The molecule has 6 nitrogen and oxygen atoms in total. The Morgan fingerprint density at radius 1 is 1.33 bits per heavy atom. The number of rotatable bonds is 4. The van der Waals surface area contributed by atoms with Crippen LogP contribution in [0.3, 0.4) is 0 Å². The van der Waals surface area contributed by atoms with Crippen LogP contribution in [0.5, 0.6) is 5.75 Å². The van der Waals surface area contributed by atoms with Crippen molar-refractivity contribution in [3.8, 4) is 5.75 Å². The Morgan fingerprint density at radius 3 is 2.57 bits per heavy atom. The van der Waals surface area contributed by atoms with Crippen LogP contribution in [0.25, 0.3) is 0 Å². The van der Waals surface area contributed by atoms with Gasteiger partial charge in [-0.15, -0.1) is 0 Å². The summed E-state index contributed by atoms with van der Waals surface area (Å²) in [7, 11) is -4.41. The Balaban J connectivity index is 1.97. The highest BCUT2D eigenvalue weighted by molar-refractivity contribution is 7.60. The summed E-state index contributed by atoms with van der Waals surface area (Å²) >= 11 is 0. The number of nitrogens with zero attached hydrogens (tertiary/aromatic N) is 1. The van der Waals surface area contributed by atoms with E-state index >= 15 is 0 Å². The second-order valence-corrected chi connectivity index (χ2v) is 6.93. The van der Waals surface area contributed by atoms with Crippen molar-refractivity contribution >= 4 is 18.8 Å². The number of piperidine rings is 1. The number of carbonyl (C=O) groups excluding carboxylic acids is 1. The molecule has 0 aromatic heterocycles. The van der Waals surface area contributed by atoms with E-state index in [-0.39, 0.29) is 23.6 Å². The van der Waals surface area contributed by atoms with E-state index in [1.54, 1.807) is 11.0 Å². The number of hydrogen-bond acceptors (Lipinski definition) is 3. The molecule has 2 N–H and O–H groups in total. The van der Waals surface area contributed by atoms with Crippen molar-refractivity contribution < 1.29 is 23.9 Å². The molecule has 2 rings (SSSR count). The molecule has 0 saturated carbocycles. The van der Waals surface area contributed by atoms with Crippen molar-refractivity contribution in [2.24, 2.45) is 5.92 Å². The third-order valence-electron chi connectivity index (χ3n) is 3.67. The zero-order valence-corrected chi connectivity index (χ0v) is 12.8. The molecule has 0 aliphatic carbocycles. The van der Waals surface area contributed by atoms with Crippen molar-refractivity contribution in [1.82, 2.24) is 4.90 Å². The molecule has 1 saturated heterocycles. The van der Waals surface area contributed by atoms with Crippen molar-refractivity contribution in [1.29, 1.82) is 0 Å². The van der Waals surface area contributed by atoms with Crippen LogP contribution in [-0.2, 0) is 9.36 Å². The zero-order valence-electron chi connectivity index (χ0n) is 11.9. The second-order valence-electron chi connectivity index (χ2n) is 5.36. The van der Waals surface area contributed by atoms with Crippen molar-refractivity contribution in [3.63, 3.8) is 0 Å². The summed E-state index contributed by atoms with van der Waals surface area (Å²) in [6.45, 7) is 3.38. The fourth-order valence-electron chi connectivity index (χ4n) is 2.31. The standard InChI is InChI=1S/C14H20NO5P/c1-11-6-8-15(9-7-11)14(16)10-20-12-4-2-3-5-13(12)21(17,18)19/h2-5,11H,6-10H2,1H3,(H2,17,18,19). The van der Waals surface area contributed by atoms with E-state index in [9.17, 15) is 19.1 Å². The van der Waals surface area contributed by atoms with Gasteiger partial charge >= 0.3 is 7.60 Å². The normalized spacial score (nSPS) is 16.8. The highest BCUT2D eigenvalue weighted by Crippen LogP contribution is 2.37. The van der Waals surface area contributed by atoms with Gasteiger partial charge in [0.25, 0.3) is 5.91 Å². The van der Waals surface area contributed by atoms with E-state index in [4.69, 9.17) is 4.74 Å². The number of benzene rings is 1. The summed E-state index contributed by atoms with van der Waals surface area (Å²) in [6, 6.07) is 5.90. The van der Waals surface area contributed by atoms with Gasteiger partial charge in [-0.3, -0.25) is 9.36 Å². The quantitative estimate of drug-likeness (QED) is 0.814. The van der Waals surface area contributed by atoms with Gasteiger partial charge in [0.1, 0.15) is 11.1 Å². The minimum Gasteiger partial charge on any atom is -0.483 e. The topological polar surface area (TPSA) is 87.1 Å². The minimum atomic E-state index is -4.41. The van der Waals surface area contributed by atoms with Crippen molar-refractivity contribution in [2.45, 2.75) is 19.8 Å². The zero-order chi connectivity index (χ0) is 15.5. The van der Waals surface area contributed by atoms with Gasteiger partial charge in [0.15, 0.2) is 6.61 Å². The molecule has 0 atom stereocenters. The highest BCUT2D eigenvalue weighted by Gasteiger charge is 2.24. The number of ether oxygens (including phenoxy) is 1. The van der Waals surface area contributed by atoms with Crippen molar-refractivity contribution in [3.05, 3.63) is 24.3 Å². The molecule has 0 bridgehead atoms. The van der Waals surface area contributed by atoms with Crippen LogP contribution in [0.15, 0.2) is 24.3 Å². The van der Waals surface area contributed by atoms with E-state index < -0.39 is 7.60 Å². The number of likely N-dealkylation sites (tertiary alicyclic amines) is 1. The van der Waals surface area contributed by atoms with Crippen LogP contribution in [0.1, 0.15) is 19.8 Å². The SMILES string of the molecule is CC1CCN(C(=O)COc2ccccc2P(=O)(O)O)CC1. The Labute approximate surface area is 123 Å². The molecule has 1 aliphatic heterocycles. The lowest BCUT2D eigenvalue weighted by Crippen LogP contribution is -2.40. The van der Waals surface area contributed by atoms with Crippen LogP contribution in [0.4, 0.5) is 0 Å². The molecule has 7 heteroatoms. The third kappa shape index (κ3) is 4.30. The van der Waals surface area contributed by atoms with Gasteiger partial charge < -0.3 is 19.4 Å². The predicted molar refractivity (Wildman–Crippen MR) is 78.6 cm³/mol. The smallest absolute Gasteiger partial charge is 0.359 e. The predicted octanol–water partition coefficient (Wildman–Crippen LogP) is 1.13. The molecule has 1 amide bonds. The lowest BCUT2D eigenvalue weighted by molar-refractivity contribution is -0.134. The fourth-order valence-corrected chi connectivity index (χ4v) is 3.02. The van der Waals surface area contributed by atoms with Crippen LogP contribution >= 0.6 is 7.60 Å². The van der Waals surface area contributed by atoms with Crippen molar-refractivity contribution in [2.75, 3.05) is 19.7 Å². The van der Waals surface area contributed by atoms with E-state index in [2.05, 4.69) is 6.92 Å². The summed E-state index contributed by atoms with van der Waals surface area (Å²) in [6.07, 6.45) is 1.95. The number of hydrogen-bond donors (Lipinski definition) is 2. The van der Waals surface area contributed by atoms with E-state index in [1.165, 1.54) is 18.2 Å². The molecule has 1 aliphatic rings. The van der Waals surface area contributed by atoms with Crippen LogP contribution in [0.2, 0.25) is 0 Å². The first-order chi connectivity index (χ1) is 9.88. The van der Waals surface area contributed by atoms with E-state index in [0.29, 0.717) is 19.0 Å². The molecule has 21 heavy (non-hydrogen) atoms. The molecule has 1 aromatic rings. The summed E-state index contributed by atoms with van der Waals surface area (Å²) < 4.78 is 16.7. The highest BCUT2D eigenvalue weighted by atomic mass is 31.2. The maximum Gasteiger partial charge on any atom is 0.359 e. The number of para-hydroxylation sites is 1. The maximum absolute atomic E-state index is 12.0. The monoisotopic (exact) mass is 313 g/mol. The van der Waals surface area contributed by atoms with Crippen LogP contribution in [0, 0.1) is 5.92 Å². The molecule has 1 fully saturated rings. The first-order valence-corrected chi connectivity index (χ1v) is 8.55. The van der Waals surface area contributed by atoms with Gasteiger partial charge in [-0.25, -0.2) is 0 Å². The fraction of sp³-hybridized carbons (Fsp3) is 0.500. The summed E-state index contributed by atoms with van der Waals surface area (Å²) in [4.78, 5) is 32.3. The van der Waals surface area contributed by atoms with Gasteiger partial charge in [0.2, 0.25) is 0 Å². The number of carbonyl (C=O) groups is 1. The van der Waals surface area contributed by atoms with Gasteiger partial charge in [-0.2, -0.15) is 0 Å². The Morgan fingerprint density at radius 2 is 1.95 bits per heavy atom. The second kappa shape index (κ2) is 6.60. The molecule has 0 unspecified atom stereocenters. The van der Waals surface area contributed by atoms with Gasteiger partial charge in [0, 0.05) is 13.1 Å². The van der Waals surface area contributed by atoms with Crippen LogP contribution < -0.4 is 10.0 Å². The molecule has 0 radical (unpaired) electrons. The summed E-state index contributed by atoms with van der Waals surface area (Å²) in [5, 5.41) is -0.190. The van der Waals surface area contributed by atoms with Gasteiger partial charge in [-0.05, 0) is 30.9 Å². The molecular weight excluding hydrogens is 293 g/mol. The average molecular weight is 313 g/mol. The third-order valence-corrected chi connectivity index (χ3v) is 4.66. The Kier molecular flexibility index (Phi) is 5.04. The molecule has 1 aromatic carbocycles. The minimum absolute atomic E-state index is 0.0598. The summed E-state index contributed by atoms with van der Waals surface area (Å²) in [5.74, 6) is 0.539.